The molecule has 0 amide bonds. The van der Waals surface area contributed by atoms with Crippen LogP contribution < -0.4 is 0 Å². The zero-order valence-electron chi connectivity index (χ0n) is 19.4. The van der Waals surface area contributed by atoms with Gasteiger partial charge in [-0.15, -0.1) is 0 Å². The molecule has 1 aliphatic carbocycles. The van der Waals surface area contributed by atoms with Crippen LogP contribution >= 0.6 is 0 Å². The maximum atomic E-state index is 14.9. The fourth-order valence-corrected chi connectivity index (χ4v) is 4.94. The van der Waals surface area contributed by atoms with Gasteiger partial charge in [-0.25, -0.2) is 13.2 Å². The average Bonchev–Trinajstić information content (AvgIpc) is 2.83. The van der Waals surface area contributed by atoms with Gasteiger partial charge >= 0.3 is 0 Å². The van der Waals surface area contributed by atoms with Crippen molar-refractivity contribution in [3.8, 4) is 11.1 Å². The first-order valence-corrected chi connectivity index (χ1v) is 12.0. The molecule has 172 valence electrons. The second-order valence-corrected chi connectivity index (χ2v) is 9.30. The lowest BCUT2D eigenvalue weighted by molar-refractivity contribution is 0.303. The van der Waals surface area contributed by atoms with Gasteiger partial charge in [0, 0.05) is 5.56 Å². The van der Waals surface area contributed by atoms with E-state index in [0.717, 1.165) is 48.3 Å². The highest BCUT2D eigenvalue weighted by Crippen LogP contribution is 2.39. The minimum atomic E-state index is -0.772. The smallest absolute Gasteiger partial charge is 0.166 e. The summed E-state index contributed by atoms with van der Waals surface area (Å²) in [5.74, 6) is -0.854. The molecule has 0 nitrogen and oxygen atoms in total. The van der Waals surface area contributed by atoms with Gasteiger partial charge in [0.05, 0.1) is 0 Å². The van der Waals surface area contributed by atoms with Gasteiger partial charge < -0.3 is 0 Å². The van der Waals surface area contributed by atoms with Crippen LogP contribution in [-0.4, -0.2) is 0 Å². The third-order valence-electron chi connectivity index (χ3n) is 7.00. The summed E-state index contributed by atoms with van der Waals surface area (Å²) in [6.45, 7) is 3.94. The predicted octanol–water partition coefficient (Wildman–Crippen LogP) is 9.32. The summed E-state index contributed by atoms with van der Waals surface area (Å²) >= 11 is 0. The molecular weight excluding hydrogens is 417 g/mol. The van der Waals surface area contributed by atoms with Crippen molar-refractivity contribution < 1.29 is 13.2 Å². The zero-order chi connectivity index (χ0) is 23.4. The van der Waals surface area contributed by atoms with E-state index in [9.17, 15) is 13.2 Å². The van der Waals surface area contributed by atoms with Crippen LogP contribution in [0.3, 0.4) is 0 Å². The second-order valence-electron chi connectivity index (χ2n) is 9.30. The van der Waals surface area contributed by atoms with E-state index in [1.807, 2.05) is 30.3 Å². The van der Waals surface area contributed by atoms with E-state index < -0.39 is 11.6 Å². The Balaban J connectivity index is 1.46. The lowest BCUT2D eigenvalue weighted by Crippen LogP contribution is -2.15. The van der Waals surface area contributed by atoms with E-state index in [2.05, 4.69) is 6.92 Å². The molecule has 0 bridgehead atoms. The Hall–Kier alpha value is -2.81. The van der Waals surface area contributed by atoms with Crippen LogP contribution in [0.25, 0.3) is 23.3 Å². The summed E-state index contributed by atoms with van der Waals surface area (Å²) in [5.41, 5.74) is 3.96. The third kappa shape index (κ3) is 5.40. The molecule has 0 aromatic heterocycles. The molecule has 0 spiro atoms. The van der Waals surface area contributed by atoms with Gasteiger partial charge in [0.15, 0.2) is 11.6 Å². The van der Waals surface area contributed by atoms with Crippen LogP contribution in [0.2, 0.25) is 0 Å². The summed E-state index contributed by atoms with van der Waals surface area (Å²) < 4.78 is 43.5. The maximum absolute atomic E-state index is 14.9. The van der Waals surface area contributed by atoms with Crippen LogP contribution in [0.1, 0.15) is 73.6 Å². The van der Waals surface area contributed by atoms with Crippen molar-refractivity contribution in [3.05, 3.63) is 94.3 Å². The molecule has 0 saturated heterocycles. The van der Waals surface area contributed by atoms with Crippen molar-refractivity contribution in [3.63, 3.8) is 0 Å². The topological polar surface area (TPSA) is 0 Å². The van der Waals surface area contributed by atoms with E-state index in [-0.39, 0.29) is 17.3 Å². The van der Waals surface area contributed by atoms with Gasteiger partial charge in [-0.2, -0.15) is 0 Å². The first-order chi connectivity index (χ1) is 16.0. The summed E-state index contributed by atoms with van der Waals surface area (Å²) in [4.78, 5) is 0. The van der Waals surface area contributed by atoms with Crippen LogP contribution in [0.5, 0.6) is 0 Å². The van der Waals surface area contributed by atoms with Crippen molar-refractivity contribution >= 4 is 12.2 Å². The lowest BCUT2D eigenvalue weighted by Gasteiger charge is -2.29. The van der Waals surface area contributed by atoms with Gasteiger partial charge in [0.25, 0.3) is 0 Å². The molecule has 3 aromatic carbocycles. The monoisotopic (exact) mass is 448 g/mol. The molecule has 4 rings (SSSR count). The summed E-state index contributed by atoms with van der Waals surface area (Å²) in [7, 11) is 0. The molecule has 0 N–H and O–H groups in total. The highest BCUT2D eigenvalue weighted by atomic mass is 19.2. The van der Waals surface area contributed by atoms with Gasteiger partial charge in [-0.05, 0) is 78.3 Å². The second kappa shape index (κ2) is 10.4. The molecule has 1 aliphatic rings. The normalized spacial score (nSPS) is 18.7. The van der Waals surface area contributed by atoms with E-state index in [1.165, 1.54) is 18.9 Å². The molecule has 1 saturated carbocycles. The van der Waals surface area contributed by atoms with E-state index in [1.54, 1.807) is 37.3 Å². The Morgan fingerprint density at radius 2 is 1.48 bits per heavy atom. The first kappa shape index (κ1) is 23.4. The van der Waals surface area contributed by atoms with Gasteiger partial charge in [-0.1, -0.05) is 80.4 Å². The highest BCUT2D eigenvalue weighted by Gasteiger charge is 2.25. The fraction of sp³-hybridized carbons (Fsp3) is 0.333. The number of hydrogen-bond acceptors (Lipinski definition) is 0. The molecule has 0 atom stereocenters. The molecule has 1 fully saturated rings. The predicted molar refractivity (Wildman–Crippen MR) is 131 cm³/mol. The molecule has 3 heteroatoms. The number of halogens is 3. The standard InChI is InChI=1S/C30H31F3/c1-3-4-21-8-14-24(15-9-21)27-18-17-25(29(32)30(27)33)16-10-22-6-12-23(13-7-22)26-11-5-20(2)28(31)19-26/h5-7,10-13,16-19,21,24H,3-4,8-9,14-15H2,1-2H3. The Morgan fingerprint density at radius 3 is 2.15 bits per heavy atom. The van der Waals surface area contributed by atoms with E-state index >= 15 is 0 Å². The SMILES string of the molecule is CCCC1CCC(c2ccc(C=Cc3ccc(-c4ccc(C)c(F)c4)cc3)c(F)c2F)CC1. The van der Waals surface area contributed by atoms with Crippen LogP contribution in [0.15, 0.2) is 54.6 Å². The third-order valence-corrected chi connectivity index (χ3v) is 7.00. The van der Waals surface area contributed by atoms with Crippen LogP contribution in [0, 0.1) is 30.3 Å². The largest absolute Gasteiger partial charge is 0.207 e. The molecule has 0 radical (unpaired) electrons. The first-order valence-electron chi connectivity index (χ1n) is 12.0. The number of benzene rings is 3. The average molecular weight is 449 g/mol. The maximum Gasteiger partial charge on any atom is 0.166 e. The van der Waals surface area contributed by atoms with Crippen molar-refractivity contribution in [2.75, 3.05) is 0 Å². The molecule has 0 heterocycles. The zero-order valence-corrected chi connectivity index (χ0v) is 19.4. The van der Waals surface area contributed by atoms with Gasteiger partial charge in [0.1, 0.15) is 5.82 Å². The van der Waals surface area contributed by atoms with E-state index in [4.69, 9.17) is 0 Å². The molecule has 0 unspecified atom stereocenters. The highest BCUT2D eigenvalue weighted by molar-refractivity contribution is 5.72. The van der Waals surface area contributed by atoms with Crippen LogP contribution in [0.4, 0.5) is 13.2 Å². The van der Waals surface area contributed by atoms with E-state index in [0.29, 0.717) is 11.1 Å². The lowest BCUT2D eigenvalue weighted by atomic mass is 9.77. The van der Waals surface area contributed by atoms with Gasteiger partial charge in [0.2, 0.25) is 0 Å². The molecular formula is C30H31F3. The van der Waals surface area contributed by atoms with Crippen molar-refractivity contribution in [2.45, 2.75) is 58.3 Å². The summed E-state index contributed by atoms with van der Waals surface area (Å²) in [6, 6.07) is 16.2. The van der Waals surface area contributed by atoms with Crippen molar-refractivity contribution in [1.29, 1.82) is 0 Å². The Bertz CT molecular complexity index is 1120. The van der Waals surface area contributed by atoms with Crippen molar-refractivity contribution in [2.24, 2.45) is 5.92 Å². The molecule has 0 aliphatic heterocycles. The summed E-state index contributed by atoms with van der Waals surface area (Å²) in [6.07, 6.45) is 9.89. The number of rotatable bonds is 6. The Kier molecular flexibility index (Phi) is 7.37. The number of aryl methyl sites for hydroxylation is 1. The molecule has 33 heavy (non-hydrogen) atoms. The Labute approximate surface area is 195 Å². The molecule has 3 aromatic rings. The van der Waals surface area contributed by atoms with Gasteiger partial charge in [-0.3, -0.25) is 0 Å². The summed E-state index contributed by atoms with van der Waals surface area (Å²) in [5, 5.41) is 0. The fourth-order valence-electron chi connectivity index (χ4n) is 4.94. The number of hydrogen-bond donors (Lipinski definition) is 0. The van der Waals surface area contributed by atoms with Crippen molar-refractivity contribution in [1.82, 2.24) is 0 Å². The minimum Gasteiger partial charge on any atom is -0.207 e. The minimum absolute atomic E-state index is 0.116. The van der Waals surface area contributed by atoms with Crippen LogP contribution in [-0.2, 0) is 0 Å². The quantitative estimate of drug-likeness (QED) is 0.330. The Morgan fingerprint density at radius 1 is 0.788 bits per heavy atom.